The Labute approximate surface area is 117 Å². The first kappa shape index (κ1) is 14.4. The molecule has 2 atom stereocenters. The Morgan fingerprint density at radius 1 is 1.15 bits per heavy atom. The van der Waals surface area contributed by atoms with Crippen LogP contribution in [0.15, 0.2) is 24.3 Å². The number of hydrogen-bond acceptors (Lipinski definition) is 5. The number of anilines is 1. The van der Waals surface area contributed by atoms with Gasteiger partial charge in [0.05, 0.1) is 17.6 Å². The highest BCUT2D eigenvalue weighted by Crippen LogP contribution is 2.29. The van der Waals surface area contributed by atoms with Crippen molar-refractivity contribution in [3.8, 4) is 0 Å². The summed E-state index contributed by atoms with van der Waals surface area (Å²) in [5, 5.41) is 1.52. The molecule has 5 nitrogen and oxygen atoms in total. The van der Waals surface area contributed by atoms with E-state index >= 15 is 0 Å². The summed E-state index contributed by atoms with van der Waals surface area (Å²) in [5.41, 5.74) is 1.83. The molecule has 0 aromatic heterocycles. The number of aryl methyl sites for hydroxylation is 1. The zero-order chi connectivity index (χ0) is 14.5. The van der Waals surface area contributed by atoms with E-state index in [0.29, 0.717) is 25.4 Å². The zero-order valence-electron chi connectivity index (χ0n) is 11.3. The van der Waals surface area contributed by atoms with Crippen LogP contribution < -0.4 is 5.06 Å². The molecule has 0 unspecified atom stereocenters. The molecule has 20 heavy (non-hydrogen) atoms. The van der Waals surface area contributed by atoms with Gasteiger partial charge in [-0.3, -0.25) is 4.84 Å². The lowest BCUT2D eigenvalue weighted by molar-refractivity contribution is -0.128. The maximum Gasteiger partial charge on any atom is 0.151 e. The van der Waals surface area contributed by atoms with Crippen molar-refractivity contribution in [1.82, 2.24) is 0 Å². The molecule has 1 aliphatic heterocycles. The molecule has 1 fully saturated rings. The Balaban J connectivity index is 2.30. The number of nitrogens with zero attached hydrogens (tertiary/aromatic N) is 1. The number of hydroxylamine groups is 1. The molecule has 1 aromatic carbocycles. The van der Waals surface area contributed by atoms with Gasteiger partial charge < -0.3 is 14.4 Å². The number of carbonyl (C=O) groups is 3. The van der Waals surface area contributed by atoms with Crippen LogP contribution in [0.5, 0.6) is 0 Å². The standard InChI is InChI=1S/C15H17NO4/c1-11-2-4-13(5-3-11)16-15(12(8-17)9-18)7-6-14(10-19)20-16/h2-5,8-10,12,14-15H,6-7H2,1H3/t14-,15-/m1/s1. The van der Waals surface area contributed by atoms with E-state index in [1.54, 1.807) is 0 Å². The van der Waals surface area contributed by atoms with Gasteiger partial charge in [0.2, 0.25) is 0 Å². The lowest BCUT2D eigenvalue weighted by Crippen LogP contribution is -2.49. The van der Waals surface area contributed by atoms with E-state index < -0.39 is 12.0 Å². The second kappa shape index (κ2) is 6.43. The van der Waals surface area contributed by atoms with Gasteiger partial charge in [-0.15, -0.1) is 0 Å². The summed E-state index contributed by atoms with van der Waals surface area (Å²) >= 11 is 0. The third-order valence-corrected chi connectivity index (χ3v) is 3.50. The van der Waals surface area contributed by atoms with E-state index in [-0.39, 0.29) is 6.04 Å². The summed E-state index contributed by atoms with van der Waals surface area (Å²) in [7, 11) is 0. The van der Waals surface area contributed by atoms with E-state index in [9.17, 15) is 14.4 Å². The van der Waals surface area contributed by atoms with E-state index in [1.807, 2.05) is 31.2 Å². The molecule has 0 bridgehead atoms. The quantitative estimate of drug-likeness (QED) is 0.601. The zero-order valence-corrected chi connectivity index (χ0v) is 11.3. The van der Waals surface area contributed by atoms with Crippen LogP contribution >= 0.6 is 0 Å². The summed E-state index contributed by atoms with van der Waals surface area (Å²) in [5.74, 6) is -0.760. The van der Waals surface area contributed by atoms with Gasteiger partial charge in [0.1, 0.15) is 18.7 Å². The van der Waals surface area contributed by atoms with E-state index in [0.717, 1.165) is 17.5 Å². The SMILES string of the molecule is Cc1ccc(N2O[C@@H](C=O)CC[C@@H]2C(C=O)C=O)cc1. The second-order valence-electron chi connectivity index (χ2n) is 4.94. The molecule has 0 saturated carbocycles. The Bertz CT molecular complexity index is 477. The van der Waals surface area contributed by atoms with Gasteiger partial charge >= 0.3 is 0 Å². The molecule has 0 aliphatic carbocycles. The molecule has 1 saturated heterocycles. The number of carbonyl (C=O) groups excluding carboxylic acids is 3. The van der Waals surface area contributed by atoms with Gasteiger partial charge in [-0.2, -0.15) is 0 Å². The predicted molar refractivity (Wildman–Crippen MR) is 73.2 cm³/mol. The Morgan fingerprint density at radius 2 is 1.80 bits per heavy atom. The Morgan fingerprint density at radius 3 is 2.35 bits per heavy atom. The van der Waals surface area contributed by atoms with Crippen LogP contribution in [0.2, 0.25) is 0 Å². The highest BCUT2D eigenvalue weighted by Gasteiger charge is 2.34. The molecular weight excluding hydrogens is 258 g/mol. The van der Waals surface area contributed by atoms with Crippen molar-refractivity contribution >= 4 is 24.5 Å². The third kappa shape index (κ3) is 2.93. The van der Waals surface area contributed by atoms with Crippen molar-refractivity contribution in [2.75, 3.05) is 5.06 Å². The van der Waals surface area contributed by atoms with Crippen molar-refractivity contribution < 1.29 is 19.2 Å². The van der Waals surface area contributed by atoms with Crippen LogP contribution in [0.1, 0.15) is 18.4 Å². The Hall–Kier alpha value is -2.01. The van der Waals surface area contributed by atoms with Gasteiger partial charge in [-0.05, 0) is 31.9 Å². The molecular formula is C15H17NO4. The molecule has 0 spiro atoms. The average Bonchev–Trinajstić information content (AvgIpc) is 2.49. The molecule has 1 heterocycles. The lowest BCUT2D eigenvalue weighted by atomic mass is 9.94. The Kier molecular flexibility index (Phi) is 4.63. The fourth-order valence-electron chi connectivity index (χ4n) is 2.33. The fraction of sp³-hybridized carbons (Fsp3) is 0.400. The van der Waals surface area contributed by atoms with Crippen molar-refractivity contribution in [1.29, 1.82) is 0 Å². The fourth-order valence-corrected chi connectivity index (χ4v) is 2.33. The molecule has 5 heteroatoms. The van der Waals surface area contributed by atoms with Crippen molar-refractivity contribution in [2.45, 2.75) is 31.9 Å². The van der Waals surface area contributed by atoms with E-state index in [4.69, 9.17) is 4.84 Å². The average molecular weight is 275 g/mol. The van der Waals surface area contributed by atoms with Crippen LogP contribution in [0.3, 0.4) is 0 Å². The second-order valence-corrected chi connectivity index (χ2v) is 4.94. The minimum absolute atomic E-state index is 0.371. The third-order valence-electron chi connectivity index (χ3n) is 3.50. The monoisotopic (exact) mass is 275 g/mol. The summed E-state index contributed by atoms with van der Waals surface area (Å²) in [6.07, 6.45) is 2.53. The number of hydrogen-bond donors (Lipinski definition) is 0. The summed E-state index contributed by atoms with van der Waals surface area (Å²) < 4.78 is 0. The lowest BCUT2D eigenvalue weighted by Gasteiger charge is -2.39. The molecule has 0 radical (unpaired) electrons. The molecule has 0 N–H and O–H groups in total. The van der Waals surface area contributed by atoms with Crippen LogP contribution in [-0.4, -0.2) is 31.0 Å². The summed E-state index contributed by atoms with van der Waals surface area (Å²) in [4.78, 5) is 38.6. The summed E-state index contributed by atoms with van der Waals surface area (Å²) in [6, 6.07) is 7.15. The minimum atomic E-state index is -0.760. The molecule has 1 aromatic rings. The van der Waals surface area contributed by atoms with E-state index in [2.05, 4.69) is 0 Å². The molecule has 0 amide bonds. The summed E-state index contributed by atoms with van der Waals surface area (Å²) in [6.45, 7) is 1.96. The van der Waals surface area contributed by atoms with Crippen LogP contribution in [0.25, 0.3) is 0 Å². The predicted octanol–water partition coefficient (Wildman–Crippen LogP) is 1.48. The van der Waals surface area contributed by atoms with Crippen molar-refractivity contribution in [3.63, 3.8) is 0 Å². The van der Waals surface area contributed by atoms with Gasteiger partial charge in [0.15, 0.2) is 6.29 Å². The van der Waals surface area contributed by atoms with E-state index in [1.165, 1.54) is 5.06 Å². The van der Waals surface area contributed by atoms with Gasteiger partial charge in [-0.25, -0.2) is 5.06 Å². The molecule has 2 rings (SSSR count). The first-order valence-corrected chi connectivity index (χ1v) is 6.58. The molecule has 106 valence electrons. The van der Waals surface area contributed by atoms with Crippen LogP contribution in [-0.2, 0) is 19.2 Å². The van der Waals surface area contributed by atoms with Crippen LogP contribution in [0, 0.1) is 12.8 Å². The first-order chi connectivity index (χ1) is 9.69. The van der Waals surface area contributed by atoms with Crippen molar-refractivity contribution in [3.05, 3.63) is 29.8 Å². The van der Waals surface area contributed by atoms with Crippen molar-refractivity contribution in [2.24, 2.45) is 5.92 Å². The van der Waals surface area contributed by atoms with Gasteiger partial charge in [-0.1, -0.05) is 17.7 Å². The normalized spacial score (nSPS) is 22.6. The first-order valence-electron chi connectivity index (χ1n) is 6.58. The minimum Gasteiger partial charge on any atom is -0.303 e. The highest BCUT2D eigenvalue weighted by atomic mass is 16.7. The molecule has 1 aliphatic rings. The largest absolute Gasteiger partial charge is 0.303 e. The number of rotatable bonds is 5. The number of benzene rings is 1. The van der Waals surface area contributed by atoms with Crippen LogP contribution in [0.4, 0.5) is 5.69 Å². The van der Waals surface area contributed by atoms with Gasteiger partial charge in [0.25, 0.3) is 0 Å². The number of aldehydes is 3. The maximum absolute atomic E-state index is 11.0. The smallest absolute Gasteiger partial charge is 0.151 e. The van der Waals surface area contributed by atoms with Gasteiger partial charge in [0, 0.05) is 0 Å². The topological polar surface area (TPSA) is 63.7 Å². The maximum atomic E-state index is 11.0. The highest BCUT2D eigenvalue weighted by molar-refractivity contribution is 5.79.